The van der Waals surface area contributed by atoms with Gasteiger partial charge in [-0.3, -0.25) is 19.0 Å². The molecule has 172 valence electrons. The third-order valence-electron chi connectivity index (χ3n) is 6.02. The Morgan fingerprint density at radius 1 is 1.09 bits per heavy atom. The van der Waals surface area contributed by atoms with Gasteiger partial charge in [-0.1, -0.05) is 29.8 Å². The minimum atomic E-state index is -0.196. The third kappa shape index (κ3) is 4.52. The number of aromatic nitrogens is 3. The molecule has 0 radical (unpaired) electrons. The lowest BCUT2D eigenvalue weighted by Gasteiger charge is -2.15. The number of rotatable bonds is 7. The summed E-state index contributed by atoms with van der Waals surface area (Å²) >= 11 is 6.20. The van der Waals surface area contributed by atoms with Crippen LogP contribution in [0.5, 0.6) is 0 Å². The standard InChI is InChI=1S/C26H24ClN5O2/c27-20-6-1-5-18(15-20)25-21(7-2-11-28-25)19-9-10-23-30-16-22(32(23)17-19)26(34)29-12-4-14-31-13-3-8-24(31)33/h1-2,5-7,9-11,15-17H,3-4,8,12-14H2,(H,29,34). The van der Waals surface area contributed by atoms with Gasteiger partial charge in [0.05, 0.1) is 11.9 Å². The number of fused-ring (bicyclic) bond motifs is 1. The molecule has 0 saturated carbocycles. The van der Waals surface area contributed by atoms with Crippen LogP contribution in [0.3, 0.4) is 0 Å². The second-order valence-electron chi connectivity index (χ2n) is 8.29. The van der Waals surface area contributed by atoms with Crippen LogP contribution in [0.2, 0.25) is 5.02 Å². The number of pyridine rings is 2. The smallest absolute Gasteiger partial charge is 0.269 e. The van der Waals surface area contributed by atoms with E-state index in [0.717, 1.165) is 41.8 Å². The SMILES string of the molecule is O=C(NCCCN1CCCC1=O)c1cnc2ccc(-c3cccnc3-c3cccc(Cl)c3)cn12. The monoisotopic (exact) mass is 473 g/mol. The number of carbonyl (C=O) groups is 2. The zero-order valence-corrected chi connectivity index (χ0v) is 19.3. The average Bonchev–Trinajstić information content (AvgIpc) is 3.47. The van der Waals surface area contributed by atoms with Crippen LogP contribution < -0.4 is 5.32 Å². The van der Waals surface area contributed by atoms with Gasteiger partial charge in [0.15, 0.2) is 0 Å². The highest BCUT2D eigenvalue weighted by Gasteiger charge is 2.19. The van der Waals surface area contributed by atoms with Gasteiger partial charge in [-0.05, 0) is 43.2 Å². The molecular formula is C26H24ClN5O2. The molecule has 0 aliphatic carbocycles. The molecule has 0 spiro atoms. The number of amides is 2. The van der Waals surface area contributed by atoms with Crippen LogP contribution >= 0.6 is 11.6 Å². The number of likely N-dealkylation sites (tertiary alicyclic amines) is 1. The second kappa shape index (κ2) is 9.65. The normalized spacial score (nSPS) is 13.6. The van der Waals surface area contributed by atoms with E-state index in [1.165, 1.54) is 0 Å². The van der Waals surface area contributed by atoms with E-state index in [4.69, 9.17) is 11.6 Å². The van der Waals surface area contributed by atoms with Gasteiger partial charge >= 0.3 is 0 Å². The fourth-order valence-electron chi connectivity index (χ4n) is 4.31. The summed E-state index contributed by atoms with van der Waals surface area (Å²) in [6, 6.07) is 15.3. The minimum Gasteiger partial charge on any atom is -0.351 e. The molecule has 8 heteroatoms. The molecule has 1 aliphatic heterocycles. The molecule has 1 aromatic carbocycles. The van der Waals surface area contributed by atoms with Crippen molar-refractivity contribution in [3.63, 3.8) is 0 Å². The number of benzene rings is 1. The highest BCUT2D eigenvalue weighted by Crippen LogP contribution is 2.31. The molecule has 2 amide bonds. The Balaban J connectivity index is 1.37. The summed E-state index contributed by atoms with van der Waals surface area (Å²) in [6.07, 6.45) is 7.52. The highest BCUT2D eigenvalue weighted by atomic mass is 35.5. The first-order chi connectivity index (χ1) is 16.6. The van der Waals surface area contributed by atoms with Crippen molar-refractivity contribution < 1.29 is 9.59 Å². The maximum Gasteiger partial charge on any atom is 0.269 e. The van der Waals surface area contributed by atoms with Crippen LogP contribution in [0.25, 0.3) is 28.0 Å². The maximum absolute atomic E-state index is 12.9. The van der Waals surface area contributed by atoms with Crippen molar-refractivity contribution in [3.8, 4) is 22.4 Å². The summed E-state index contributed by atoms with van der Waals surface area (Å²) in [5.41, 5.74) is 4.72. The Kier molecular flexibility index (Phi) is 6.27. The van der Waals surface area contributed by atoms with Crippen molar-refractivity contribution in [3.05, 3.63) is 77.8 Å². The topological polar surface area (TPSA) is 79.6 Å². The molecule has 4 aromatic rings. The number of carbonyl (C=O) groups excluding carboxylic acids is 2. The van der Waals surface area contributed by atoms with Crippen LogP contribution in [0.15, 0.2) is 67.1 Å². The molecule has 4 heterocycles. The molecule has 34 heavy (non-hydrogen) atoms. The van der Waals surface area contributed by atoms with Gasteiger partial charge < -0.3 is 10.2 Å². The number of nitrogens with one attached hydrogen (secondary N) is 1. The van der Waals surface area contributed by atoms with Crippen LogP contribution in [-0.2, 0) is 4.79 Å². The molecule has 0 bridgehead atoms. The van der Waals surface area contributed by atoms with Crippen LogP contribution in [0, 0.1) is 0 Å². The summed E-state index contributed by atoms with van der Waals surface area (Å²) < 4.78 is 1.80. The van der Waals surface area contributed by atoms with E-state index >= 15 is 0 Å². The van der Waals surface area contributed by atoms with Crippen molar-refractivity contribution in [1.29, 1.82) is 0 Å². The number of halogens is 1. The predicted octanol–water partition coefficient (Wildman–Crippen LogP) is 4.46. The van der Waals surface area contributed by atoms with Gasteiger partial charge in [0, 0.05) is 60.2 Å². The number of nitrogens with zero attached hydrogens (tertiary/aromatic N) is 4. The summed E-state index contributed by atoms with van der Waals surface area (Å²) in [7, 11) is 0. The molecule has 1 fully saturated rings. The third-order valence-corrected chi connectivity index (χ3v) is 6.25. The first kappa shape index (κ1) is 22.1. The molecule has 7 nitrogen and oxygen atoms in total. The Bertz CT molecular complexity index is 1370. The van der Waals surface area contributed by atoms with Gasteiger partial charge in [0.2, 0.25) is 5.91 Å². The molecule has 0 unspecified atom stereocenters. The molecule has 5 rings (SSSR count). The molecule has 3 aromatic heterocycles. The highest BCUT2D eigenvalue weighted by molar-refractivity contribution is 6.30. The van der Waals surface area contributed by atoms with Gasteiger partial charge in [-0.15, -0.1) is 0 Å². The van der Waals surface area contributed by atoms with Crippen molar-refractivity contribution in [1.82, 2.24) is 24.6 Å². The van der Waals surface area contributed by atoms with Crippen molar-refractivity contribution in [2.75, 3.05) is 19.6 Å². The van der Waals surface area contributed by atoms with Crippen molar-refractivity contribution in [2.24, 2.45) is 0 Å². The molecular weight excluding hydrogens is 450 g/mol. The lowest BCUT2D eigenvalue weighted by Crippen LogP contribution is -2.31. The summed E-state index contributed by atoms with van der Waals surface area (Å²) in [6.45, 7) is 1.98. The summed E-state index contributed by atoms with van der Waals surface area (Å²) in [5, 5.41) is 3.60. The zero-order chi connectivity index (χ0) is 23.5. The van der Waals surface area contributed by atoms with Crippen LogP contribution in [-0.4, -0.2) is 50.7 Å². The molecule has 1 saturated heterocycles. The van der Waals surface area contributed by atoms with Crippen LogP contribution in [0.1, 0.15) is 29.8 Å². The van der Waals surface area contributed by atoms with E-state index in [0.29, 0.717) is 35.9 Å². The number of hydrogen-bond donors (Lipinski definition) is 1. The number of hydrogen-bond acceptors (Lipinski definition) is 4. The summed E-state index contributed by atoms with van der Waals surface area (Å²) in [5.74, 6) is 0.00633. The number of imidazole rings is 1. The molecule has 1 aliphatic rings. The Morgan fingerprint density at radius 3 is 2.82 bits per heavy atom. The Labute approximate surface area is 202 Å². The minimum absolute atomic E-state index is 0.196. The van der Waals surface area contributed by atoms with E-state index in [1.54, 1.807) is 16.8 Å². The first-order valence-corrected chi connectivity index (χ1v) is 11.7. The lowest BCUT2D eigenvalue weighted by atomic mass is 10.0. The van der Waals surface area contributed by atoms with Crippen molar-refractivity contribution in [2.45, 2.75) is 19.3 Å². The van der Waals surface area contributed by atoms with E-state index in [2.05, 4.69) is 15.3 Å². The van der Waals surface area contributed by atoms with E-state index in [-0.39, 0.29) is 11.8 Å². The van der Waals surface area contributed by atoms with E-state index in [1.807, 2.05) is 59.6 Å². The maximum atomic E-state index is 12.9. The van der Waals surface area contributed by atoms with Gasteiger partial charge in [0.25, 0.3) is 5.91 Å². The van der Waals surface area contributed by atoms with E-state index < -0.39 is 0 Å². The van der Waals surface area contributed by atoms with E-state index in [9.17, 15) is 9.59 Å². The average molecular weight is 474 g/mol. The lowest BCUT2D eigenvalue weighted by molar-refractivity contribution is -0.127. The van der Waals surface area contributed by atoms with Crippen LogP contribution in [0.4, 0.5) is 0 Å². The first-order valence-electron chi connectivity index (χ1n) is 11.3. The molecule has 0 atom stereocenters. The van der Waals surface area contributed by atoms with Gasteiger partial charge in [-0.25, -0.2) is 4.98 Å². The van der Waals surface area contributed by atoms with Gasteiger partial charge in [0.1, 0.15) is 11.3 Å². The largest absolute Gasteiger partial charge is 0.351 e. The Morgan fingerprint density at radius 2 is 2.00 bits per heavy atom. The molecule has 1 N–H and O–H groups in total. The predicted molar refractivity (Wildman–Crippen MR) is 132 cm³/mol. The fraction of sp³-hybridized carbons (Fsp3) is 0.231. The summed E-state index contributed by atoms with van der Waals surface area (Å²) in [4.78, 5) is 35.4. The van der Waals surface area contributed by atoms with Gasteiger partial charge in [-0.2, -0.15) is 0 Å². The zero-order valence-electron chi connectivity index (χ0n) is 18.6. The second-order valence-corrected chi connectivity index (χ2v) is 8.73. The quantitative estimate of drug-likeness (QED) is 0.402. The van der Waals surface area contributed by atoms with Crippen molar-refractivity contribution >= 4 is 29.1 Å². The Hall–Kier alpha value is -3.71. The fourth-order valence-corrected chi connectivity index (χ4v) is 4.51.